The zero-order valence-corrected chi connectivity index (χ0v) is 44.3. The van der Waals surface area contributed by atoms with Gasteiger partial charge in [-0.1, -0.05) is 83.3 Å². The number of amides is 11. The lowest BCUT2D eigenvalue weighted by atomic mass is 9.85. The van der Waals surface area contributed by atoms with Crippen molar-refractivity contribution in [3.63, 3.8) is 0 Å². The number of aliphatic imine (C=N–C) groups is 1. The maximum Gasteiger partial charge on any atom is 0.246 e. The topological polar surface area (TPSA) is 438 Å². The van der Waals surface area contributed by atoms with Crippen molar-refractivity contribution < 1.29 is 57.8 Å². The van der Waals surface area contributed by atoms with E-state index in [4.69, 9.17) is 28.7 Å². The van der Waals surface area contributed by atoms with Crippen molar-refractivity contribution in [3.05, 3.63) is 65.7 Å². The van der Waals surface area contributed by atoms with Crippen molar-refractivity contribution in [2.45, 2.75) is 124 Å². The number of hydrogen-bond acceptors (Lipinski definition) is 15. The van der Waals surface area contributed by atoms with Crippen molar-refractivity contribution >= 4 is 92.5 Å². The first kappa shape index (κ1) is 61.9. The first-order chi connectivity index (χ1) is 36.5. The van der Waals surface area contributed by atoms with E-state index in [0.717, 1.165) is 35.0 Å². The summed E-state index contributed by atoms with van der Waals surface area (Å²) in [7, 11) is 3.68. The molecule has 1 heterocycles. The Balaban J connectivity index is 1.75. The number of primary amides is 3. The Morgan fingerprint density at radius 1 is 0.740 bits per heavy atom. The smallest absolute Gasteiger partial charge is 0.246 e. The summed E-state index contributed by atoms with van der Waals surface area (Å²) in [6, 6.07) is 5.73. The molecule has 2 aliphatic rings. The molecule has 2 fully saturated rings. The van der Waals surface area contributed by atoms with E-state index in [-0.39, 0.29) is 56.1 Å². The van der Waals surface area contributed by atoms with Gasteiger partial charge in [0.1, 0.15) is 42.0 Å². The Hall–Kier alpha value is -7.62. The van der Waals surface area contributed by atoms with E-state index in [1.54, 1.807) is 42.5 Å². The SMILES string of the molecule is CN(CC(=O)N[C@@H](CCCN=C(N)N)C(=O)NCC(N)=O)C(=O)[C@@H]1CSSC2(CCCCC2)CC(=O)N[C@@H](Cc2ccc(O)cc2)C(=O)N[C@@H](Cc2ccccc2)C(=O)N[C@@H](CCC(N)=O)C(=O)N[C@@H](CC(N)=O)C(=O)N1. The molecule has 6 atom stereocenters. The molecular weight excluding hydrogens is 1040 g/mol. The molecule has 1 aliphatic carbocycles. The van der Waals surface area contributed by atoms with Crippen LogP contribution in [0.1, 0.15) is 81.8 Å². The van der Waals surface area contributed by atoms with Crippen molar-refractivity contribution in [1.29, 1.82) is 0 Å². The van der Waals surface area contributed by atoms with Gasteiger partial charge in [-0.3, -0.25) is 57.7 Å². The molecule has 77 heavy (non-hydrogen) atoms. The predicted molar refractivity (Wildman–Crippen MR) is 286 cm³/mol. The number of nitrogens with one attached hydrogen (secondary N) is 7. The summed E-state index contributed by atoms with van der Waals surface area (Å²) in [5, 5.41) is 28.0. The van der Waals surface area contributed by atoms with Crippen molar-refractivity contribution in [2.24, 2.45) is 33.7 Å². The van der Waals surface area contributed by atoms with Crippen LogP contribution in [-0.2, 0) is 65.6 Å². The summed E-state index contributed by atoms with van der Waals surface area (Å²) in [4.78, 5) is 154. The van der Waals surface area contributed by atoms with Crippen molar-refractivity contribution in [1.82, 2.24) is 42.1 Å². The molecule has 1 saturated heterocycles. The molecule has 0 unspecified atom stereocenters. The Bertz CT molecular complexity index is 2460. The van der Waals surface area contributed by atoms with Crippen LogP contribution in [0.2, 0.25) is 0 Å². The fourth-order valence-corrected chi connectivity index (χ4v) is 11.9. The van der Waals surface area contributed by atoms with E-state index >= 15 is 0 Å². The molecule has 18 N–H and O–H groups in total. The lowest BCUT2D eigenvalue weighted by Crippen LogP contribution is -2.60. The molecule has 0 bridgehead atoms. The molecular formula is C49H70N14O12S2. The number of carbonyl (C=O) groups excluding carboxylic acids is 11. The second-order valence-electron chi connectivity index (χ2n) is 18.8. The van der Waals surface area contributed by atoms with Crippen LogP contribution in [0, 0.1) is 0 Å². The number of nitrogens with zero attached hydrogens (tertiary/aromatic N) is 2. The number of likely N-dealkylation sites (N-methyl/N-ethyl adjacent to an activating group) is 1. The quantitative estimate of drug-likeness (QED) is 0.0269. The van der Waals surface area contributed by atoms with Gasteiger partial charge in [0.25, 0.3) is 0 Å². The van der Waals surface area contributed by atoms with Crippen LogP contribution in [-0.4, -0.2) is 154 Å². The van der Waals surface area contributed by atoms with Gasteiger partial charge < -0.3 is 75.9 Å². The van der Waals surface area contributed by atoms with Gasteiger partial charge in [-0.25, -0.2) is 0 Å². The van der Waals surface area contributed by atoms with E-state index in [1.165, 1.54) is 30.0 Å². The minimum Gasteiger partial charge on any atom is -0.508 e. The van der Waals surface area contributed by atoms with Gasteiger partial charge in [0, 0.05) is 49.8 Å². The van der Waals surface area contributed by atoms with Crippen LogP contribution in [0.5, 0.6) is 5.75 Å². The number of carbonyl (C=O) groups is 11. The number of nitrogens with two attached hydrogens (primary N) is 5. The van der Waals surface area contributed by atoms with E-state index < -0.39 is 138 Å². The Morgan fingerprint density at radius 3 is 1.94 bits per heavy atom. The van der Waals surface area contributed by atoms with Crippen LogP contribution < -0.4 is 65.9 Å². The molecule has 26 nitrogen and oxygen atoms in total. The average molecular weight is 1110 g/mol. The molecule has 28 heteroatoms. The molecule has 2 aromatic rings. The third-order valence-electron chi connectivity index (χ3n) is 12.4. The number of rotatable bonds is 20. The summed E-state index contributed by atoms with van der Waals surface area (Å²) in [5.74, 6) is -10.0. The van der Waals surface area contributed by atoms with Gasteiger partial charge in [-0.05, 0) is 55.4 Å². The standard InChI is InChI=1S/C49H70N14O12S2/c1-63(26-41(69)57-31(11-8-20-55-48(53)54)42(70)56-25-39(52)67)47(75)36-27-76-77-49(18-6-3-7-19-49)24-40(68)58-33(22-29-12-14-30(64)15-13-29)44(72)60-34(21-28-9-4-2-5-10-28)45(73)59-32(16-17-37(50)65)43(71)61-35(23-38(51)66)46(74)62-36/h2,4-5,9-10,12-15,31-36,64H,3,6-8,11,16-27H2,1H3,(H2,50,65)(H2,51,66)(H2,52,67)(H,56,70)(H,57,69)(H,58,68)(H,59,73)(H,60,72)(H,61,71)(H,62,74)(H4,53,54,55)/t31-,32-,33-,34-,35-,36-/m0/s1. The molecule has 1 spiro atoms. The zero-order chi connectivity index (χ0) is 56.7. The van der Waals surface area contributed by atoms with Gasteiger partial charge in [-0.15, -0.1) is 0 Å². The average Bonchev–Trinajstić information content (AvgIpc) is 3.36. The van der Waals surface area contributed by atoms with Crippen LogP contribution in [0.4, 0.5) is 0 Å². The fraction of sp³-hybridized carbons (Fsp3) is 0.510. The minimum atomic E-state index is -1.78. The molecule has 2 aromatic carbocycles. The number of phenols is 1. The fourth-order valence-electron chi connectivity index (χ4n) is 8.49. The van der Waals surface area contributed by atoms with E-state index in [1.807, 2.05) is 0 Å². The zero-order valence-electron chi connectivity index (χ0n) is 42.7. The molecule has 4 rings (SSSR count). The highest BCUT2D eigenvalue weighted by atomic mass is 33.1. The van der Waals surface area contributed by atoms with E-state index in [2.05, 4.69) is 42.2 Å². The summed E-state index contributed by atoms with van der Waals surface area (Å²) in [6.45, 7) is -1.12. The Morgan fingerprint density at radius 2 is 1.32 bits per heavy atom. The minimum absolute atomic E-state index is 0.00231. The van der Waals surface area contributed by atoms with Crippen LogP contribution in [0.3, 0.4) is 0 Å². The summed E-state index contributed by atoms with van der Waals surface area (Å²) in [5.41, 5.74) is 28.2. The van der Waals surface area contributed by atoms with Gasteiger partial charge in [0.05, 0.1) is 19.5 Å². The lowest BCUT2D eigenvalue weighted by Gasteiger charge is -2.36. The normalized spacial score (nSPS) is 21.0. The second kappa shape index (κ2) is 30.8. The summed E-state index contributed by atoms with van der Waals surface area (Å²) >= 11 is 0. The lowest BCUT2D eigenvalue weighted by molar-refractivity contribution is -0.139. The number of guanidine groups is 1. The Kier molecular flexibility index (Phi) is 24.8. The highest BCUT2D eigenvalue weighted by molar-refractivity contribution is 8.77. The van der Waals surface area contributed by atoms with E-state index in [9.17, 15) is 57.8 Å². The number of aromatic hydroxyl groups is 1. The van der Waals surface area contributed by atoms with Crippen molar-refractivity contribution in [2.75, 3.05) is 32.4 Å². The molecule has 1 saturated carbocycles. The molecule has 11 amide bonds. The molecule has 0 aromatic heterocycles. The van der Waals surface area contributed by atoms with Gasteiger partial charge >= 0.3 is 0 Å². The third-order valence-corrected chi connectivity index (χ3v) is 15.7. The maximum absolute atomic E-state index is 14.5. The maximum atomic E-state index is 14.5. The third kappa shape index (κ3) is 21.9. The van der Waals surface area contributed by atoms with Gasteiger partial charge in [0.15, 0.2) is 5.96 Å². The largest absolute Gasteiger partial charge is 0.508 e. The monoisotopic (exact) mass is 1110 g/mol. The van der Waals surface area contributed by atoms with Crippen molar-refractivity contribution in [3.8, 4) is 5.75 Å². The highest BCUT2D eigenvalue weighted by Gasteiger charge is 2.39. The Labute approximate surface area is 452 Å². The van der Waals surface area contributed by atoms with E-state index in [0.29, 0.717) is 24.0 Å². The number of phenolic OH excluding ortho intramolecular Hbond substituents is 1. The van der Waals surface area contributed by atoms with Crippen LogP contribution in [0.15, 0.2) is 59.6 Å². The summed E-state index contributed by atoms with van der Waals surface area (Å²) in [6.07, 6.45) is 1.64. The predicted octanol–water partition coefficient (Wildman–Crippen LogP) is -3.17. The van der Waals surface area contributed by atoms with Gasteiger partial charge in [-0.2, -0.15) is 0 Å². The molecule has 1 aliphatic heterocycles. The highest BCUT2D eigenvalue weighted by Crippen LogP contribution is 2.48. The number of benzene rings is 2. The van der Waals surface area contributed by atoms with Gasteiger partial charge in [0.2, 0.25) is 65.0 Å². The molecule has 0 radical (unpaired) electrons. The van der Waals surface area contributed by atoms with Crippen LogP contribution in [0.25, 0.3) is 0 Å². The molecule has 420 valence electrons. The summed E-state index contributed by atoms with van der Waals surface area (Å²) < 4.78 is -0.764. The number of hydrogen-bond donors (Lipinski definition) is 13. The van der Waals surface area contributed by atoms with Crippen LogP contribution >= 0.6 is 21.6 Å². The first-order valence-electron chi connectivity index (χ1n) is 24.9. The first-order valence-corrected chi connectivity index (χ1v) is 27.2. The second-order valence-corrected chi connectivity index (χ2v) is 21.6.